The third-order valence-electron chi connectivity index (χ3n) is 10.4. The van der Waals surface area contributed by atoms with E-state index in [1.54, 1.807) is 22.7 Å². The molecule has 0 saturated heterocycles. The molecule has 6 heteroatoms. The lowest BCUT2D eigenvalue weighted by molar-refractivity contribution is 0.838. The summed E-state index contributed by atoms with van der Waals surface area (Å²) in [6.07, 6.45) is 0. The van der Waals surface area contributed by atoms with Crippen molar-refractivity contribution in [2.45, 2.75) is 116 Å². The van der Waals surface area contributed by atoms with Crippen LogP contribution in [0.3, 0.4) is 0 Å². The highest BCUT2D eigenvalue weighted by molar-refractivity contribution is 7.17. The maximum absolute atomic E-state index is 5.34. The molecule has 4 heterocycles. The molecular weight excluding hydrogens is 605 g/mol. The topological polar surface area (TPSA) is 25.8 Å². The van der Waals surface area contributed by atoms with E-state index in [0.717, 1.165) is 44.0 Å². The van der Waals surface area contributed by atoms with Crippen LogP contribution in [-0.4, -0.2) is 26.1 Å². The summed E-state index contributed by atoms with van der Waals surface area (Å²) in [6.45, 7) is 28.6. The Morgan fingerprint density at radius 1 is 0.523 bits per heavy atom. The van der Waals surface area contributed by atoms with Gasteiger partial charge in [-0.25, -0.2) is 9.97 Å². The molecule has 0 saturated carbocycles. The molecule has 230 valence electrons. The van der Waals surface area contributed by atoms with Crippen LogP contribution < -0.4 is 0 Å². The number of rotatable bonds is 6. The molecule has 1 aromatic carbocycles. The SMILES string of the molecule is CC(C)[Si](C#Cc1c2cc3sccc3nc2c(C#C[Si](C(C)C)(C(C)C)C(C)C)c2cc3sccc3nc12)(C(C)C)C(C)C. The average Bonchev–Trinajstić information content (AvgIpc) is 3.59. The van der Waals surface area contributed by atoms with Crippen LogP contribution in [-0.2, 0) is 0 Å². The van der Waals surface area contributed by atoms with Crippen LogP contribution in [0.15, 0.2) is 35.0 Å². The standard InChI is InChI=1S/C38H48N2S2Si2/c1-23(2)43(24(3)4,25(5)6)19-15-29-31-21-35-34(14-18-41-35)40-38(31)30(16-20-44(26(7)8,27(9)10)28(11)12)32-22-36-33(13-17-42-36)39-37(29)32/h13-14,17-18,21-28H,1-12H3. The highest BCUT2D eigenvalue weighted by Gasteiger charge is 2.43. The number of nitrogens with zero attached hydrogens (tertiary/aromatic N) is 2. The number of fused-ring (bicyclic) bond motifs is 4. The van der Waals surface area contributed by atoms with Gasteiger partial charge >= 0.3 is 0 Å². The maximum atomic E-state index is 5.34. The lowest BCUT2D eigenvalue weighted by Crippen LogP contribution is -2.43. The molecule has 4 aromatic heterocycles. The largest absolute Gasteiger partial charge is 0.246 e. The van der Waals surface area contributed by atoms with Gasteiger partial charge in [0, 0.05) is 10.8 Å². The quantitative estimate of drug-likeness (QED) is 0.104. The minimum absolute atomic E-state index is 0.553. The molecule has 2 nitrogen and oxygen atoms in total. The maximum Gasteiger partial charge on any atom is 0.146 e. The molecule has 0 N–H and O–H groups in total. The Hall–Kier alpha value is -2.49. The fourth-order valence-electron chi connectivity index (χ4n) is 8.27. The molecule has 0 bridgehead atoms. The molecule has 0 amide bonds. The molecule has 0 radical (unpaired) electrons. The van der Waals surface area contributed by atoms with Gasteiger partial charge in [-0.05, 0) is 68.3 Å². The lowest BCUT2D eigenvalue weighted by Gasteiger charge is -2.38. The van der Waals surface area contributed by atoms with Gasteiger partial charge < -0.3 is 0 Å². The molecule has 0 aliphatic rings. The van der Waals surface area contributed by atoms with Crippen molar-refractivity contribution in [2.24, 2.45) is 0 Å². The second-order valence-electron chi connectivity index (χ2n) is 14.4. The summed E-state index contributed by atoms with van der Waals surface area (Å²) < 4.78 is 2.37. The first kappa shape index (κ1) is 32.9. The van der Waals surface area contributed by atoms with Crippen LogP contribution in [0.5, 0.6) is 0 Å². The summed E-state index contributed by atoms with van der Waals surface area (Å²) >= 11 is 3.49. The van der Waals surface area contributed by atoms with Gasteiger partial charge in [0.15, 0.2) is 0 Å². The van der Waals surface area contributed by atoms with Crippen molar-refractivity contribution in [2.75, 3.05) is 0 Å². The second kappa shape index (κ2) is 12.4. The first-order valence-corrected chi connectivity index (χ1v) is 22.6. The van der Waals surface area contributed by atoms with Crippen LogP contribution in [0.4, 0.5) is 0 Å². The van der Waals surface area contributed by atoms with E-state index in [1.807, 2.05) is 0 Å². The van der Waals surface area contributed by atoms with Gasteiger partial charge in [-0.15, -0.1) is 33.8 Å². The number of hydrogen-bond donors (Lipinski definition) is 0. The highest BCUT2D eigenvalue weighted by Crippen LogP contribution is 2.43. The summed E-state index contributed by atoms with van der Waals surface area (Å²) in [4.78, 5) is 10.7. The smallest absolute Gasteiger partial charge is 0.146 e. The molecule has 0 fully saturated rings. The second-order valence-corrected chi connectivity index (χ2v) is 27.5. The normalized spacial score (nSPS) is 13.0. The summed E-state index contributed by atoms with van der Waals surface area (Å²) in [7, 11) is -3.97. The molecular formula is C38H48N2S2Si2. The van der Waals surface area contributed by atoms with E-state index in [1.165, 1.54) is 9.40 Å². The zero-order chi connectivity index (χ0) is 32.1. The number of pyridine rings is 2. The fourth-order valence-corrected chi connectivity index (χ4v) is 20.2. The average molecular weight is 653 g/mol. The molecule has 0 unspecified atom stereocenters. The Kier molecular flexibility index (Phi) is 9.25. The van der Waals surface area contributed by atoms with Gasteiger partial charge in [0.2, 0.25) is 0 Å². The Labute approximate surface area is 275 Å². The third kappa shape index (κ3) is 5.26. The Bertz CT molecular complexity index is 1700. The third-order valence-corrected chi connectivity index (χ3v) is 24.7. The summed E-state index contributed by atoms with van der Waals surface area (Å²) in [5, 5.41) is 6.47. The molecule has 0 spiro atoms. The van der Waals surface area contributed by atoms with Crippen LogP contribution in [0.25, 0.3) is 42.2 Å². The van der Waals surface area contributed by atoms with Gasteiger partial charge in [0.1, 0.15) is 16.1 Å². The van der Waals surface area contributed by atoms with Crippen LogP contribution in [0, 0.1) is 22.9 Å². The number of hydrogen-bond acceptors (Lipinski definition) is 4. The first-order valence-electron chi connectivity index (χ1n) is 16.3. The zero-order valence-electron chi connectivity index (χ0n) is 28.6. The molecule has 44 heavy (non-hydrogen) atoms. The lowest BCUT2D eigenvalue weighted by atomic mass is 9.98. The van der Waals surface area contributed by atoms with E-state index >= 15 is 0 Å². The summed E-state index contributed by atoms with van der Waals surface area (Å²) in [6, 6.07) is 8.91. The van der Waals surface area contributed by atoms with E-state index in [0.29, 0.717) is 33.2 Å². The van der Waals surface area contributed by atoms with E-state index in [9.17, 15) is 0 Å². The van der Waals surface area contributed by atoms with Crippen molar-refractivity contribution in [1.29, 1.82) is 0 Å². The van der Waals surface area contributed by atoms with Crippen molar-refractivity contribution >= 4 is 81.1 Å². The van der Waals surface area contributed by atoms with Gasteiger partial charge in [0.25, 0.3) is 0 Å². The Balaban J connectivity index is 1.98. The number of benzene rings is 1. The summed E-state index contributed by atoms with van der Waals surface area (Å²) in [5.41, 5.74) is 17.4. The van der Waals surface area contributed by atoms with Gasteiger partial charge in [-0.3, -0.25) is 0 Å². The van der Waals surface area contributed by atoms with E-state index in [4.69, 9.17) is 9.97 Å². The van der Waals surface area contributed by atoms with Crippen LogP contribution in [0.2, 0.25) is 33.2 Å². The molecule has 0 aliphatic heterocycles. The highest BCUT2D eigenvalue weighted by atomic mass is 32.1. The van der Waals surface area contributed by atoms with Crippen molar-refractivity contribution in [1.82, 2.24) is 9.97 Å². The number of thiophene rings is 2. The van der Waals surface area contributed by atoms with Gasteiger partial charge in [-0.1, -0.05) is 94.9 Å². The van der Waals surface area contributed by atoms with E-state index < -0.39 is 16.1 Å². The van der Waals surface area contributed by atoms with Crippen molar-refractivity contribution in [3.63, 3.8) is 0 Å². The van der Waals surface area contributed by atoms with Crippen molar-refractivity contribution in [3.8, 4) is 22.9 Å². The van der Waals surface area contributed by atoms with E-state index in [-0.39, 0.29) is 0 Å². The molecule has 5 rings (SSSR count). The Morgan fingerprint density at radius 3 is 1.14 bits per heavy atom. The first-order chi connectivity index (χ1) is 20.7. The predicted octanol–water partition coefficient (Wildman–Crippen LogP) is 12.4. The van der Waals surface area contributed by atoms with Crippen LogP contribution in [0.1, 0.15) is 94.2 Å². The van der Waals surface area contributed by atoms with Crippen molar-refractivity contribution in [3.05, 3.63) is 46.2 Å². The number of aromatic nitrogens is 2. The summed E-state index contributed by atoms with van der Waals surface area (Å²) in [5.74, 6) is 7.72. The molecule has 5 aromatic rings. The molecule has 0 atom stereocenters. The Morgan fingerprint density at radius 2 is 0.841 bits per heavy atom. The van der Waals surface area contributed by atoms with Gasteiger partial charge in [0.05, 0.1) is 42.6 Å². The van der Waals surface area contributed by atoms with Crippen LogP contribution >= 0.6 is 22.7 Å². The zero-order valence-corrected chi connectivity index (χ0v) is 32.3. The van der Waals surface area contributed by atoms with Gasteiger partial charge in [-0.2, -0.15) is 0 Å². The minimum Gasteiger partial charge on any atom is -0.246 e. The van der Waals surface area contributed by atoms with Crippen molar-refractivity contribution < 1.29 is 0 Å². The van der Waals surface area contributed by atoms with E-state index in [2.05, 4.69) is 141 Å². The fraction of sp³-hybridized carbons (Fsp3) is 0.474. The predicted molar refractivity (Wildman–Crippen MR) is 204 cm³/mol. The minimum atomic E-state index is -1.98. The monoisotopic (exact) mass is 652 g/mol. The molecule has 0 aliphatic carbocycles.